The number of amides is 2. The normalized spacial score (nSPS) is 12.0. The zero-order valence-electron chi connectivity index (χ0n) is 31.0. The third kappa shape index (κ3) is 15.8. The number of ether oxygens (including phenoxy) is 9. The van der Waals surface area contributed by atoms with Gasteiger partial charge in [0.1, 0.15) is 19.0 Å². The van der Waals surface area contributed by atoms with Crippen molar-refractivity contribution in [3.05, 3.63) is 83.9 Å². The van der Waals surface area contributed by atoms with Crippen LogP contribution in [0.25, 0.3) is 11.1 Å². The second kappa shape index (κ2) is 25.0. The van der Waals surface area contributed by atoms with Gasteiger partial charge in [-0.25, -0.2) is 4.79 Å². The van der Waals surface area contributed by atoms with E-state index in [0.29, 0.717) is 118 Å². The van der Waals surface area contributed by atoms with Crippen molar-refractivity contribution in [2.75, 3.05) is 125 Å². The van der Waals surface area contributed by atoms with Gasteiger partial charge in [-0.15, -0.1) is 0 Å². The molecule has 0 fully saturated rings. The number of anilines is 1. The maximum absolute atomic E-state index is 12.6. The van der Waals surface area contributed by atoms with Gasteiger partial charge >= 0.3 is 6.09 Å². The molecule has 1 aliphatic rings. The number of fused-ring (bicyclic) bond motifs is 3. The SMILES string of the molecule is CC(=O)Nc1ccc(OCCOCCOCCOCCOCCOCCOCCOCCN(C)C(=O)OCC2c3ccccc3-c3ccccc32)cc1. The van der Waals surface area contributed by atoms with E-state index in [4.69, 9.17) is 42.6 Å². The minimum atomic E-state index is -0.367. The second-order valence-corrected chi connectivity index (χ2v) is 12.1. The largest absolute Gasteiger partial charge is 0.491 e. The maximum Gasteiger partial charge on any atom is 0.409 e. The van der Waals surface area contributed by atoms with Gasteiger partial charge in [-0.1, -0.05) is 48.5 Å². The van der Waals surface area contributed by atoms with Crippen molar-refractivity contribution in [1.29, 1.82) is 0 Å². The van der Waals surface area contributed by atoms with Crippen LogP contribution in [-0.4, -0.2) is 136 Å². The number of likely N-dealkylation sites (N-methyl/N-ethyl adjacent to an activating group) is 1. The van der Waals surface area contributed by atoms with Gasteiger partial charge in [0.05, 0.1) is 92.5 Å². The zero-order chi connectivity index (χ0) is 37.4. The Morgan fingerprint density at radius 3 is 1.43 bits per heavy atom. The highest BCUT2D eigenvalue weighted by Gasteiger charge is 2.29. The molecule has 0 saturated heterocycles. The Bertz CT molecular complexity index is 1430. The minimum absolute atomic E-state index is 0.0362. The third-order valence-corrected chi connectivity index (χ3v) is 8.12. The number of hydrogen-bond donors (Lipinski definition) is 1. The number of nitrogens with one attached hydrogen (secondary N) is 1. The molecule has 1 aliphatic carbocycles. The zero-order valence-corrected chi connectivity index (χ0v) is 31.0. The lowest BCUT2D eigenvalue weighted by molar-refractivity contribution is -0.114. The van der Waals surface area contributed by atoms with E-state index in [9.17, 15) is 9.59 Å². The molecule has 0 saturated carbocycles. The fourth-order valence-electron chi connectivity index (χ4n) is 5.47. The summed E-state index contributed by atoms with van der Waals surface area (Å²) < 4.78 is 50.0. The van der Waals surface area contributed by atoms with Crippen molar-refractivity contribution in [1.82, 2.24) is 4.90 Å². The molecule has 0 radical (unpaired) electrons. The lowest BCUT2D eigenvalue weighted by Crippen LogP contribution is -2.32. The van der Waals surface area contributed by atoms with Crippen LogP contribution in [0.5, 0.6) is 5.75 Å². The predicted octanol–water partition coefficient (Wildman–Crippen LogP) is 5.02. The smallest absolute Gasteiger partial charge is 0.409 e. The molecule has 0 atom stereocenters. The Balaban J connectivity index is 0.844. The van der Waals surface area contributed by atoms with Crippen LogP contribution in [0.1, 0.15) is 24.0 Å². The van der Waals surface area contributed by atoms with Crippen LogP contribution in [-0.2, 0) is 42.7 Å². The van der Waals surface area contributed by atoms with Crippen LogP contribution in [0.2, 0.25) is 0 Å². The standard InChI is InChI=1S/C40H54N2O11/c1-32(43)41-33-11-13-34(14-12-33)52-30-29-51-28-27-50-26-25-49-24-23-48-22-21-47-20-19-46-18-17-45-16-15-42(2)40(44)53-31-39-37-9-5-3-7-35(37)36-8-4-6-10-38(36)39/h3-14,39H,15-31H2,1-2H3,(H,41,43). The van der Waals surface area contributed by atoms with E-state index in [1.807, 2.05) is 24.3 Å². The van der Waals surface area contributed by atoms with Crippen molar-refractivity contribution >= 4 is 17.7 Å². The molecule has 0 spiro atoms. The number of hydrogen-bond acceptors (Lipinski definition) is 11. The fraction of sp³-hybridized carbons (Fsp3) is 0.500. The van der Waals surface area contributed by atoms with E-state index in [1.54, 1.807) is 31.3 Å². The van der Waals surface area contributed by atoms with Crippen LogP contribution in [0.3, 0.4) is 0 Å². The van der Waals surface area contributed by atoms with Crippen molar-refractivity contribution in [3.63, 3.8) is 0 Å². The highest BCUT2D eigenvalue weighted by atomic mass is 16.6. The lowest BCUT2D eigenvalue weighted by Gasteiger charge is -2.19. The molecule has 53 heavy (non-hydrogen) atoms. The summed E-state index contributed by atoms with van der Waals surface area (Å²) in [5.74, 6) is 0.637. The molecule has 0 bridgehead atoms. The summed E-state index contributed by atoms with van der Waals surface area (Å²) >= 11 is 0. The maximum atomic E-state index is 12.6. The number of rotatable bonds is 28. The molecule has 13 heteroatoms. The van der Waals surface area contributed by atoms with Gasteiger partial charge in [0.15, 0.2) is 0 Å². The minimum Gasteiger partial charge on any atom is -0.491 e. The monoisotopic (exact) mass is 738 g/mol. The average molecular weight is 739 g/mol. The lowest BCUT2D eigenvalue weighted by atomic mass is 9.98. The Labute approximate surface area is 312 Å². The number of carbonyl (C=O) groups is 2. The van der Waals surface area contributed by atoms with Gasteiger partial charge in [0.2, 0.25) is 5.91 Å². The van der Waals surface area contributed by atoms with E-state index in [-0.39, 0.29) is 17.9 Å². The summed E-state index contributed by atoms with van der Waals surface area (Å²) in [5, 5.41) is 2.71. The highest BCUT2D eigenvalue weighted by molar-refractivity contribution is 5.88. The van der Waals surface area contributed by atoms with Crippen molar-refractivity contribution in [2.45, 2.75) is 12.8 Å². The number of benzene rings is 3. The predicted molar refractivity (Wildman–Crippen MR) is 200 cm³/mol. The van der Waals surface area contributed by atoms with Gasteiger partial charge in [-0.05, 0) is 46.5 Å². The van der Waals surface area contributed by atoms with Gasteiger partial charge in [-0.3, -0.25) is 4.79 Å². The molecule has 0 heterocycles. The second-order valence-electron chi connectivity index (χ2n) is 12.1. The summed E-state index contributed by atoms with van der Waals surface area (Å²) in [5.41, 5.74) is 5.52. The molecule has 3 aromatic carbocycles. The van der Waals surface area contributed by atoms with Crippen LogP contribution >= 0.6 is 0 Å². The molecule has 0 unspecified atom stereocenters. The molecule has 0 aliphatic heterocycles. The Morgan fingerprint density at radius 1 is 0.566 bits per heavy atom. The van der Waals surface area contributed by atoms with Crippen molar-refractivity contribution < 1.29 is 52.2 Å². The van der Waals surface area contributed by atoms with Crippen molar-refractivity contribution in [2.24, 2.45) is 0 Å². The van der Waals surface area contributed by atoms with E-state index < -0.39 is 0 Å². The Hall–Kier alpha value is -4.08. The molecule has 3 aromatic rings. The van der Waals surface area contributed by atoms with E-state index >= 15 is 0 Å². The first-order chi connectivity index (χ1) is 26.0. The molecule has 1 N–H and O–H groups in total. The van der Waals surface area contributed by atoms with Crippen LogP contribution in [0.15, 0.2) is 72.8 Å². The first kappa shape index (κ1) is 41.7. The third-order valence-electron chi connectivity index (χ3n) is 8.12. The summed E-state index contributed by atoms with van der Waals surface area (Å²) in [6.07, 6.45) is -0.367. The van der Waals surface area contributed by atoms with E-state index in [0.717, 1.165) is 5.69 Å². The van der Waals surface area contributed by atoms with Crippen molar-refractivity contribution in [3.8, 4) is 16.9 Å². The molecule has 0 aromatic heterocycles. The number of carbonyl (C=O) groups excluding carboxylic acids is 2. The molecule has 2 amide bonds. The van der Waals surface area contributed by atoms with Crippen LogP contribution in [0.4, 0.5) is 10.5 Å². The summed E-state index contributed by atoms with van der Waals surface area (Å²) in [6.45, 7) is 9.06. The van der Waals surface area contributed by atoms with Gasteiger partial charge in [0, 0.05) is 32.1 Å². The first-order valence-corrected chi connectivity index (χ1v) is 18.1. The highest BCUT2D eigenvalue weighted by Crippen LogP contribution is 2.44. The fourth-order valence-corrected chi connectivity index (χ4v) is 5.47. The molecular formula is C40H54N2O11. The molecular weight excluding hydrogens is 684 g/mol. The molecule has 290 valence electrons. The Kier molecular flexibility index (Phi) is 19.7. The average Bonchev–Trinajstić information content (AvgIpc) is 3.49. The topological polar surface area (TPSA) is 132 Å². The summed E-state index contributed by atoms with van der Waals surface area (Å²) in [7, 11) is 1.71. The van der Waals surface area contributed by atoms with Gasteiger partial charge in [0.25, 0.3) is 0 Å². The van der Waals surface area contributed by atoms with E-state index in [2.05, 4.69) is 29.6 Å². The first-order valence-electron chi connectivity index (χ1n) is 18.1. The van der Waals surface area contributed by atoms with Gasteiger partial charge < -0.3 is 52.8 Å². The molecule has 4 rings (SSSR count). The van der Waals surface area contributed by atoms with Crippen LogP contribution < -0.4 is 10.1 Å². The quantitative estimate of drug-likeness (QED) is 0.101. The Morgan fingerprint density at radius 2 is 0.981 bits per heavy atom. The van der Waals surface area contributed by atoms with Crippen LogP contribution in [0, 0.1) is 0 Å². The number of nitrogens with zero attached hydrogens (tertiary/aromatic N) is 1. The summed E-state index contributed by atoms with van der Waals surface area (Å²) in [4.78, 5) is 25.2. The van der Waals surface area contributed by atoms with Gasteiger partial charge in [-0.2, -0.15) is 0 Å². The van der Waals surface area contributed by atoms with E-state index in [1.165, 1.54) is 34.1 Å². The molecule has 13 nitrogen and oxygen atoms in total. The summed E-state index contributed by atoms with van der Waals surface area (Å²) in [6, 6.07) is 23.7.